The van der Waals surface area contributed by atoms with Gasteiger partial charge in [0.05, 0.1) is 18.6 Å². The van der Waals surface area contributed by atoms with Gasteiger partial charge in [-0.15, -0.1) is 0 Å². The fourth-order valence-corrected chi connectivity index (χ4v) is 6.13. The van der Waals surface area contributed by atoms with Gasteiger partial charge in [0, 0.05) is 37.8 Å². The van der Waals surface area contributed by atoms with Crippen LogP contribution in [0.25, 0.3) is 11.3 Å². The van der Waals surface area contributed by atoms with Crippen LogP contribution in [0.4, 0.5) is 13.2 Å². The minimum atomic E-state index is -5.08. The Balaban J connectivity index is 0.000000630. The maximum absolute atomic E-state index is 14.3. The van der Waals surface area contributed by atoms with Gasteiger partial charge in [-0.25, -0.2) is 14.6 Å². The van der Waals surface area contributed by atoms with Crippen molar-refractivity contribution in [2.24, 2.45) is 0 Å². The van der Waals surface area contributed by atoms with Crippen LogP contribution < -0.4 is 5.32 Å². The number of nitrogens with zero attached hydrogens (tertiary/aromatic N) is 4. The van der Waals surface area contributed by atoms with Gasteiger partial charge in [0.1, 0.15) is 11.8 Å². The summed E-state index contributed by atoms with van der Waals surface area (Å²) >= 11 is 0. The minimum absolute atomic E-state index is 0.0311. The number of carboxylic acid groups (broad SMARTS) is 2. The summed E-state index contributed by atoms with van der Waals surface area (Å²) < 4.78 is 39.1. The van der Waals surface area contributed by atoms with Crippen LogP contribution in [-0.4, -0.2) is 91.7 Å². The van der Waals surface area contributed by atoms with E-state index in [-0.39, 0.29) is 30.2 Å². The second-order valence-corrected chi connectivity index (χ2v) is 11.9. The Labute approximate surface area is 285 Å². The number of rotatable bonds is 8. The Hall–Kier alpha value is -5.44. The van der Waals surface area contributed by atoms with Gasteiger partial charge >= 0.3 is 18.1 Å². The number of halogens is 3. The van der Waals surface area contributed by atoms with Crippen molar-refractivity contribution in [1.29, 1.82) is 0 Å². The summed E-state index contributed by atoms with van der Waals surface area (Å²) in [7, 11) is 0. The Morgan fingerprint density at radius 3 is 2.26 bits per heavy atom. The molecule has 2 aromatic carbocycles. The highest BCUT2D eigenvalue weighted by molar-refractivity contribution is 5.99. The SMILES string of the molecule is O=C(O)C(F)(F)F.O=C(O)c1ccc(CN2CCCCC(n3cnc(C(=O)N4CCNC[C@H]4Cc4ccccc4)c3-c3ccccc3)C2=O)o1. The number of benzene rings is 2. The number of aromatic carboxylic acids is 1. The van der Waals surface area contributed by atoms with Crippen molar-refractivity contribution in [1.82, 2.24) is 24.7 Å². The molecule has 2 saturated heterocycles. The largest absolute Gasteiger partial charge is 0.490 e. The summed E-state index contributed by atoms with van der Waals surface area (Å²) in [5.41, 5.74) is 2.96. The van der Waals surface area contributed by atoms with Crippen LogP contribution in [0.1, 0.15) is 57.7 Å². The fourth-order valence-electron chi connectivity index (χ4n) is 6.13. The molecule has 4 aromatic rings. The van der Waals surface area contributed by atoms with Gasteiger partial charge in [-0.1, -0.05) is 60.7 Å². The number of amides is 2. The summed E-state index contributed by atoms with van der Waals surface area (Å²) in [4.78, 5) is 56.8. The van der Waals surface area contributed by atoms with Crippen LogP contribution in [-0.2, 0) is 22.6 Å². The van der Waals surface area contributed by atoms with E-state index in [0.29, 0.717) is 49.7 Å². The molecule has 50 heavy (non-hydrogen) atoms. The molecule has 0 aliphatic carbocycles. The summed E-state index contributed by atoms with van der Waals surface area (Å²) in [6.45, 7) is 2.65. The van der Waals surface area contributed by atoms with Crippen LogP contribution in [0.15, 0.2) is 83.5 Å². The fraction of sp³-hybridized carbons (Fsp3) is 0.343. The van der Waals surface area contributed by atoms with Crippen molar-refractivity contribution in [3.63, 3.8) is 0 Å². The summed E-state index contributed by atoms with van der Waals surface area (Å²) in [5.74, 6) is -3.90. The number of carbonyl (C=O) groups is 4. The number of hydrogen-bond acceptors (Lipinski definition) is 7. The molecule has 2 aliphatic heterocycles. The monoisotopic (exact) mass is 695 g/mol. The number of furan rings is 1. The normalized spacial score (nSPS) is 18.2. The highest BCUT2D eigenvalue weighted by atomic mass is 19.4. The lowest BCUT2D eigenvalue weighted by molar-refractivity contribution is -0.192. The van der Waals surface area contributed by atoms with Crippen LogP contribution in [0.3, 0.4) is 0 Å². The number of carboxylic acids is 2. The number of nitrogens with one attached hydrogen (secondary N) is 1. The average Bonchev–Trinajstić information content (AvgIpc) is 3.72. The van der Waals surface area contributed by atoms with Gasteiger partial charge in [-0.2, -0.15) is 13.2 Å². The van der Waals surface area contributed by atoms with Gasteiger partial charge < -0.3 is 34.3 Å². The van der Waals surface area contributed by atoms with Gasteiger partial charge in [0.15, 0.2) is 5.69 Å². The number of aromatic nitrogens is 2. The van der Waals surface area contributed by atoms with Gasteiger partial charge in [-0.05, 0) is 43.4 Å². The Kier molecular flexibility index (Phi) is 11.4. The molecule has 0 radical (unpaired) electrons. The molecule has 264 valence electrons. The molecular formula is C35H36F3N5O7. The molecule has 2 aliphatic rings. The first-order valence-electron chi connectivity index (χ1n) is 16.0. The highest BCUT2D eigenvalue weighted by Crippen LogP contribution is 2.33. The molecule has 0 spiro atoms. The summed E-state index contributed by atoms with van der Waals surface area (Å²) in [6, 6.07) is 22.2. The second-order valence-electron chi connectivity index (χ2n) is 11.9. The number of alkyl halides is 3. The molecule has 4 heterocycles. The second kappa shape index (κ2) is 15.8. The zero-order valence-corrected chi connectivity index (χ0v) is 26.9. The van der Waals surface area contributed by atoms with Crippen LogP contribution in [0.2, 0.25) is 0 Å². The molecule has 0 saturated carbocycles. The van der Waals surface area contributed by atoms with E-state index in [9.17, 15) is 32.7 Å². The number of carbonyl (C=O) groups excluding carboxylic acids is 2. The standard InChI is InChI=1S/C33H35N5O5.C2HF3O2/c39-31-27(13-7-8-17-36(31)21-26-14-15-28(43-26)33(41)42)38-22-35-29(30(38)24-11-5-2-6-12-24)32(40)37-18-16-34-20-25(37)19-23-9-3-1-4-10-23;3-2(4,5)1(6)7/h1-6,9-12,14-15,22,25,27,34H,7-8,13,16-21H2,(H,41,42);(H,6,7)/t25-,27?;/m1./s1. The van der Waals surface area contributed by atoms with E-state index < -0.39 is 24.2 Å². The van der Waals surface area contributed by atoms with E-state index in [4.69, 9.17) is 14.3 Å². The van der Waals surface area contributed by atoms with Crippen LogP contribution in [0.5, 0.6) is 0 Å². The first-order chi connectivity index (χ1) is 23.9. The van der Waals surface area contributed by atoms with E-state index in [2.05, 4.69) is 22.4 Å². The van der Waals surface area contributed by atoms with E-state index in [0.717, 1.165) is 24.8 Å². The smallest absolute Gasteiger partial charge is 0.475 e. The maximum atomic E-state index is 14.3. The lowest BCUT2D eigenvalue weighted by Gasteiger charge is -2.36. The Morgan fingerprint density at radius 2 is 1.62 bits per heavy atom. The lowest BCUT2D eigenvalue weighted by Crippen LogP contribution is -2.54. The summed E-state index contributed by atoms with van der Waals surface area (Å²) in [6.07, 6.45) is -0.503. The molecule has 2 amide bonds. The topological polar surface area (TPSA) is 158 Å². The molecule has 3 N–H and O–H groups in total. The minimum Gasteiger partial charge on any atom is -0.475 e. The molecule has 2 fully saturated rings. The van der Waals surface area contributed by atoms with E-state index in [1.54, 1.807) is 17.3 Å². The molecule has 12 nitrogen and oxygen atoms in total. The van der Waals surface area contributed by atoms with Crippen molar-refractivity contribution in [3.8, 4) is 11.3 Å². The van der Waals surface area contributed by atoms with Crippen molar-refractivity contribution >= 4 is 23.8 Å². The van der Waals surface area contributed by atoms with Crippen LogP contribution in [0, 0.1) is 0 Å². The molecule has 15 heteroatoms. The third-order valence-corrected chi connectivity index (χ3v) is 8.52. The third kappa shape index (κ3) is 8.58. The Bertz CT molecular complexity index is 1790. The van der Waals surface area contributed by atoms with Crippen LogP contribution >= 0.6 is 0 Å². The lowest BCUT2D eigenvalue weighted by atomic mass is 10.0. The van der Waals surface area contributed by atoms with Crippen molar-refractivity contribution in [2.75, 3.05) is 26.2 Å². The number of aliphatic carboxylic acids is 1. The molecule has 2 aromatic heterocycles. The maximum Gasteiger partial charge on any atom is 0.490 e. The Morgan fingerprint density at radius 1 is 0.940 bits per heavy atom. The molecule has 6 rings (SSSR count). The summed E-state index contributed by atoms with van der Waals surface area (Å²) in [5, 5.41) is 19.8. The van der Waals surface area contributed by atoms with Gasteiger partial charge in [-0.3, -0.25) is 9.59 Å². The number of hydrogen-bond donors (Lipinski definition) is 3. The van der Waals surface area contributed by atoms with Gasteiger partial charge in [0.2, 0.25) is 11.7 Å². The van der Waals surface area contributed by atoms with Crippen molar-refractivity contribution in [2.45, 2.75) is 50.5 Å². The van der Waals surface area contributed by atoms with Crippen molar-refractivity contribution in [3.05, 3.63) is 102 Å². The number of likely N-dealkylation sites (tertiary alicyclic amines) is 1. The third-order valence-electron chi connectivity index (χ3n) is 8.52. The zero-order chi connectivity index (χ0) is 35.8. The van der Waals surface area contributed by atoms with E-state index >= 15 is 0 Å². The first-order valence-corrected chi connectivity index (χ1v) is 16.0. The highest BCUT2D eigenvalue weighted by Gasteiger charge is 2.38. The van der Waals surface area contributed by atoms with Crippen molar-refractivity contribution < 1.29 is 47.0 Å². The van der Waals surface area contributed by atoms with E-state index in [1.165, 1.54) is 11.6 Å². The first kappa shape index (κ1) is 35.9. The van der Waals surface area contributed by atoms with Gasteiger partial charge in [0.25, 0.3) is 5.91 Å². The molecule has 2 atom stereocenters. The molecule has 0 bridgehead atoms. The predicted molar refractivity (Wildman–Crippen MR) is 173 cm³/mol. The predicted octanol–water partition coefficient (Wildman–Crippen LogP) is 4.89. The quantitative estimate of drug-likeness (QED) is 0.234. The number of imidazole rings is 1. The molecule has 1 unspecified atom stereocenters. The average molecular weight is 696 g/mol. The molecular weight excluding hydrogens is 659 g/mol. The zero-order valence-electron chi connectivity index (χ0n) is 26.9. The van der Waals surface area contributed by atoms with E-state index in [1.807, 2.05) is 58.0 Å². The number of piperazine rings is 1.